The predicted octanol–water partition coefficient (Wildman–Crippen LogP) is 2.30. The van der Waals surface area contributed by atoms with Gasteiger partial charge in [-0.2, -0.15) is 0 Å². The van der Waals surface area contributed by atoms with Gasteiger partial charge in [0.1, 0.15) is 22.2 Å². The van der Waals surface area contributed by atoms with Crippen molar-refractivity contribution in [3.05, 3.63) is 28.9 Å². The number of ether oxygens (including phenoxy) is 1. The van der Waals surface area contributed by atoms with Gasteiger partial charge in [-0.05, 0) is 18.2 Å². The van der Waals surface area contributed by atoms with E-state index in [0.29, 0.717) is 11.3 Å². The third kappa shape index (κ3) is 1.85. The molecule has 2 aromatic rings. The second-order valence-corrected chi connectivity index (χ2v) is 3.67. The molecule has 2 rings (SSSR count). The summed E-state index contributed by atoms with van der Waals surface area (Å²) in [6.45, 7) is 0. The molecule has 17 heavy (non-hydrogen) atoms. The van der Waals surface area contributed by atoms with Crippen molar-refractivity contribution in [2.75, 3.05) is 7.11 Å². The molecular weight excluding hydrogens is 246 g/mol. The average Bonchev–Trinajstić information content (AvgIpc) is 2.28. The first-order chi connectivity index (χ1) is 8.04. The molecule has 0 atom stereocenters. The molecule has 0 saturated carbocycles. The first-order valence-corrected chi connectivity index (χ1v) is 5.02. The summed E-state index contributed by atoms with van der Waals surface area (Å²) in [5, 5.41) is 18.8. The van der Waals surface area contributed by atoms with E-state index in [1.165, 1.54) is 13.2 Å². The summed E-state index contributed by atoms with van der Waals surface area (Å²) in [5.74, 6) is -1.25. The zero-order chi connectivity index (χ0) is 12.6. The fourth-order valence-corrected chi connectivity index (χ4v) is 1.77. The van der Waals surface area contributed by atoms with Gasteiger partial charge in [0.15, 0.2) is 0 Å². The van der Waals surface area contributed by atoms with Crippen molar-refractivity contribution in [3.63, 3.8) is 0 Å². The SMILES string of the molecule is COc1ccc2nc(Cl)c(C(=O)O)c(O)c2c1. The van der Waals surface area contributed by atoms with Crippen molar-refractivity contribution in [1.29, 1.82) is 0 Å². The van der Waals surface area contributed by atoms with Crippen LogP contribution in [-0.2, 0) is 0 Å². The molecule has 5 nitrogen and oxygen atoms in total. The van der Waals surface area contributed by atoms with Gasteiger partial charge in [-0.3, -0.25) is 0 Å². The van der Waals surface area contributed by atoms with Crippen molar-refractivity contribution < 1.29 is 19.7 Å². The summed E-state index contributed by atoms with van der Waals surface area (Å²) in [6, 6.07) is 4.73. The normalized spacial score (nSPS) is 10.5. The molecule has 0 bridgehead atoms. The van der Waals surface area contributed by atoms with Crippen molar-refractivity contribution in [2.45, 2.75) is 0 Å². The molecule has 0 aliphatic rings. The smallest absolute Gasteiger partial charge is 0.342 e. The number of aromatic nitrogens is 1. The third-order valence-corrected chi connectivity index (χ3v) is 2.61. The van der Waals surface area contributed by atoms with Gasteiger partial charge in [-0.15, -0.1) is 0 Å². The second-order valence-electron chi connectivity index (χ2n) is 3.31. The zero-order valence-corrected chi connectivity index (χ0v) is 9.52. The van der Waals surface area contributed by atoms with Crippen LogP contribution in [0.4, 0.5) is 0 Å². The fraction of sp³-hybridized carbons (Fsp3) is 0.0909. The minimum absolute atomic E-state index is 0.243. The van der Waals surface area contributed by atoms with Gasteiger partial charge in [-0.1, -0.05) is 11.6 Å². The quantitative estimate of drug-likeness (QED) is 0.803. The van der Waals surface area contributed by atoms with Gasteiger partial charge in [0.05, 0.1) is 12.6 Å². The van der Waals surface area contributed by atoms with Crippen LogP contribution in [0.15, 0.2) is 18.2 Å². The number of pyridine rings is 1. The molecule has 88 valence electrons. The van der Waals surface area contributed by atoms with E-state index in [2.05, 4.69) is 4.98 Å². The lowest BCUT2D eigenvalue weighted by atomic mass is 10.1. The van der Waals surface area contributed by atoms with Crippen LogP contribution >= 0.6 is 11.6 Å². The van der Waals surface area contributed by atoms with Crippen LogP contribution in [0.25, 0.3) is 10.9 Å². The van der Waals surface area contributed by atoms with Crippen LogP contribution in [0.2, 0.25) is 5.15 Å². The molecule has 0 amide bonds. The second kappa shape index (κ2) is 4.10. The van der Waals surface area contributed by atoms with Crippen LogP contribution in [0, 0.1) is 0 Å². The largest absolute Gasteiger partial charge is 0.506 e. The molecule has 0 spiro atoms. The predicted molar refractivity (Wildman–Crippen MR) is 61.9 cm³/mol. The van der Waals surface area contributed by atoms with Crippen molar-refractivity contribution in [3.8, 4) is 11.5 Å². The lowest BCUT2D eigenvalue weighted by molar-refractivity contribution is 0.0694. The average molecular weight is 254 g/mol. The number of methoxy groups -OCH3 is 1. The van der Waals surface area contributed by atoms with Gasteiger partial charge in [0, 0.05) is 5.39 Å². The van der Waals surface area contributed by atoms with E-state index >= 15 is 0 Å². The van der Waals surface area contributed by atoms with Gasteiger partial charge >= 0.3 is 5.97 Å². The summed E-state index contributed by atoms with van der Waals surface area (Å²) < 4.78 is 4.99. The fourth-order valence-electron chi connectivity index (χ4n) is 1.51. The number of aromatic carboxylic acids is 1. The van der Waals surface area contributed by atoms with E-state index in [4.69, 9.17) is 21.4 Å². The molecule has 1 aromatic heterocycles. The Morgan fingerprint density at radius 3 is 2.76 bits per heavy atom. The number of hydrogen-bond acceptors (Lipinski definition) is 4. The maximum absolute atomic E-state index is 10.9. The highest BCUT2D eigenvalue weighted by atomic mass is 35.5. The van der Waals surface area contributed by atoms with Crippen LogP contribution < -0.4 is 4.74 Å². The van der Waals surface area contributed by atoms with E-state index in [9.17, 15) is 9.90 Å². The highest BCUT2D eigenvalue weighted by Crippen LogP contribution is 2.34. The monoisotopic (exact) mass is 253 g/mol. The number of halogens is 1. The van der Waals surface area contributed by atoms with Crippen molar-refractivity contribution in [1.82, 2.24) is 4.98 Å². The molecule has 0 saturated heterocycles. The highest BCUT2D eigenvalue weighted by molar-refractivity contribution is 6.33. The van der Waals surface area contributed by atoms with E-state index in [-0.39, 0.29) is 10.5 Å². The molecule has 0 aliphatic carbocycles. The van der Waals surface area contributed by atoms with E-state index in [0.717, 1.165) is 0 Å². The van der Waals surface area contributed by atoms with E-state index in [1.54, 1.807) is 12.1 Å². The Morgan fingerprint density at radius 1 is 1.47 bits per heavy atom. The molecular formula is C11H8ClNO4. The molecule has 0 aliphatic heterocycles. The molecule has 0 fully saturated rings. The topological polar surface area (TPSA) is 79.7 Å². The Hall–Kier alpha value is -2.01. The minimum atomic E-state index is -1.33. The Balaban J connectivity index is 2.83. The Labute approximate surface area is 101 Å². The van der Waals surface area contributed by atoms with Crippen molar-refractivity contribution in [2.24, 2.45) is 0 Å². The summed E-state index contributed by atoms with van der Waals surface area (Å²) in [5.41, 5.74) is -0.00859. The number of carboxylic acids is 1. The number of hydrogen-bond donors (Lipinski definition) is 2. The number of nitrogens with zero attached hydrogens (tertiary/aromatic N) is 1. The number of carboxylic acid groups (broad SMARTS) is 1. The molecule has 1 aromatic carbocycles. The van der Waals surface area contributed by atoms with E-state index in [1.807, 2.05) is 0 Å². The molecule has 2 N–H and O–H groups in total. The maximum atomic E-state index is 10.9. The van der Waals surface area contributed by atoms with Crippen LogP contribution in [-0.4, -0.2) is 28.3 Å². The maximum Gasteiger partial charge on any atom is 0.342 e. The van der Waals surface area contributed by atoms with Crippen LogP contribution in [0.1, 0.15) is 10.4 Å². The number of carbonyl (C=O) groups is 1. The summed E-state index contributed by atoms with van der Waals surface area (Å²) in [7, 11) is 1.47. The third-order valence-electron chi connectivity index (χ3n) is 2.33. The van der Waals surface area contributed by atoms with Gasteiger partial charge in [-0.25, -0.2) is 9.78 Å². The van der Waals surface area contributed by atoms with Gasteiger partial charge in [0.2, 0.25) is 0 Å². The number of aromatic hydroxyl groups is 1. The molecule has 0 radical (unpaired) electrons. The number of benzene rings is 1. The first kappa shape index (κ1) is 11.5. The first-order valence-electron chi connectivity index (χ1n) is 4.64. The summed E-state index contributed by atoms with van der Waals surface area (Å²) in [4.78, 5) is 14.8. The van der Waals surface area contributed by atoms with Crippen LogP contribution in [0.5, 0.6) is 11.5 Å². The van der Waals surface area contributed by atoms with Crippen molar-refractivity contribution >= 4 is 28.5 Å². The summed E-state index contributed by atoms with van der Waals surface area (Å²) >= 11 is 5.69. The Morgan fingerprint density at radius 2 is 2.18 bits per heavy atom. The lowest BCUT2D eigenvalue weighted by Crippen LogP contribution is -2.00. The number of fused-ring (bicyclic) bond motifs is 1. The Kier molecular flexibility index (Phi) is 2.77. The van der Waals surface area contributed by atoms with E-state index < -0.39 is 17.3 Å². The van der Waals surface area contributed by atoms with Gasteiger partial charge < -0.3 is 14.9 Å². The molecule has 6 heteroatoms. The number of rotatable bonds is 2. The summed E-state index contributed by atoms with van der Waals surface area (Å²) in [6.07, 6.45) is 0. The highest BCUT2D eigenvalue weighted by Gasteiger charge is 2.19. The minimum Gasteiger partial charge on any atom is -0.506 e. The standard InChI is InChI=1S/C11H8ClNO4/c1-17-5-2-3-7-6(4-5)9(14)8(11(15)16)10(12)13-7/h2-4H,1H3,(H,13,14)(H,15,16). The lowest BCUT2D eigenvalue weighted by Gasteiger charge is -2.07. The Bertz CT molecular complexity index is 612. The zero-order valence-electron chi connectivity index (χ0n) is 8.77. The van der Waals surface area contributed by atoms with Crippen LogP contribution in [0.3, 0.4) is 0 Å². The molecule has 0 unspecified atom stereocenters. The molecule has 1 heterocycles. The van der Waals surface area contributed by atoms with Gasteiger partial charge in [0.25, 0.3) is 0 Å².